The zero-order valence-electron chi connectivity index (χ0n) is 8.53. The van der Waals surface area contributed by atoms with Crippen molar-refractivity contribution in [2.24, 2.45) is 0 Å². The van der Waals surface area contributed by atoms with Gasteiger partial charge >= 0.3 is 5.97 Å². The average Bonchev–Trinajstić information content (AvgIpc) is 2.25. The summed E-state index contributed by atoms with van der Waals surface area (Å²) in [6.45, 7) is 2.33. The summed E-state index contributed by atoms with van der Waals surface area (Å²) in [7, 11) is 0. The minimum Gasteiger partial charge on any atom is -0.466 e. The van der Waals surface area contributed by atoms with Gasteiger partial charge in [-0.25, -0.2) is 0 Å². The molecule has 14 heavy (non-hydrogen) atoms. The van der Waals surface area contributed by atoms with Crippen LogP contribution < -0.4 is 0 Å². The van der Waals surface area contributed by atoms with E-state index in [0.717, 1.165) is 12.8 Å². The molecule has 0 aliphatic rings. The molecule has 0 spiro atoms. The Morgan fingerprint density at radius 2 is 2.00 bits per heavy atom. The molecule has 1 aromatic rings. The molecule has 0 radical (unpaired) electrons. The zero-order valence-corrected chi connectivity index (χ0v) is 8.53. The zero-order chi connectivity index (χ0) is 10.2. The summed E-state index contributed by atoms with van der Waals surface area (Å²) in [6, 6.07) is 10.2. The first-order chi connectivity index (χ1) is 6.83. The fraction of sp³-hybridized carbons (Fsp3) is 0.417. The smallest absolute Gasteiger partial charge is 0.305 e. The number of carbonyl (C=O) groups excluding carboxylic acids is 1. The Labute approximate surface area is 84.9 Å². The fourth-order valence-corrected chi connectivity index (χ4v) is 1.21. The van der Waals surface area contributed by atoms with E-state index in [1.165, 1.54) is 5.56 Å². The summed E-state index contributed by atoms with van der Waals surface area (Å²) in [5.74, 6) is -0.113. The highest BCUT2D eigenvalue weighted by Gasteiger charge is 1.97. The summed E-state index contributed by atoms with van der Waals surface area (Å²) in [5, 5.41) is 0. The van der Waals surface area contributed by atoms with Gasteiger partial charge in [0.15, 0.2) is 0 Å². The van der Waals surface area contributed by atoms with Crippen LogP contribution in [0.15, 0.2) is 30.3 Å². The standard InChI is InChI=1S/C12H16O2/c1-2-12(13)14-10-6-9-11-7-4-3-5-8-11/h3-5,7-8H,2,6,9-10H2,1H3. The molecule has 0 aliphatic carbocycles. The first-order valence-electron chi connectivity index (χ1n) is 5.02. The Hall–Kier alpha value is -1.31. The van der Waals surface area contributed by atoms with Crippen molar-refractivity contribution in [1.82, 2.24) is 0 Å². The van der Waals surface area contributed by atoms with Gasteiger partial charge < -0.3 is 4.74 Å². The van der Waals surface area contributed by atoms with Gasteiger partial charge in [-0.15, -0.1) is 0 Å². The van der Waals surface area contributed by atoms with Crippen molar-refractivity contribution in [3.63, 3.8) is 0 Å². The number of hydrogen-bond donors (Lipinski definition) is 0. The molecular weight excluding hydrogens is 176 g/mol. The van der Waals surface area contributed by atoms with Crippen LogP contribution in [0, 0.1) is 0 Å². The first kappa shape index (κ1) is 10.8. The minimum atomic E-state index is -0.113. The molecule has 0 N–H and O–H groups in total. The van der Waals surface area contributed by atoms with Gasteiger partial charge in [-0.05, 0) is 18.4 Å². The lowest BCUT2D eigenvalue weighted by atomic mass is 10.1. The Bertz CT molecular complexity index is 267. The average molecular weight is 192 g/mol. The van der Waals surface area contributed by atoms with E-state index < -0.39 is 0 Å². The summed E-state index contributed by atoms with van der Waals surface area (Å²) in [4.78, 5) is 10.8. The second-order valence-corrected chi connectivity index (χ2v) is 3.16. The van der Waals surface area contributed by atoms with Crippen LogP contribution >= 0.6 is 0 Å². The molecular formula is C12H16O2. The summed E-state index contributed by atoms with van der Waals surface area (Å²) < 4.78 is 4.97. The second kappa shape index (κ2) is 6.19. The van der Waals surface area contributed by atoms with Crippen molar-refractivity contribution in [3.05, 3.63) is 35.9 Å². The Morgan fingerprint density at radius 3 is 2.64 bits per heavy atom. The number of rotatable bonds is 5. The molecule has 0 heterocycles. The van der Waals surface area contributed by atoms with E-state index in [1.807, 2.05) is 18.2 Å². The number of ether oxygens (including phenoxy) is 1. The van der Waals surface area contributed by atoms with E-state index in [-0.39, 0.29) is 5.97 Å². The molecule has 2 nitrogen and oxygen atoms in total. The maximum atomic E-state index is 10.8. The largest absolute Gasteiger partial charge is 0.466 e. The molecule has 0 aliphatic heterocycles. The predicted molar refractivity (Wildman–Crippen MR) is 56.0 cm³/mol. The molecule has 0 bridgehead atoms. The van der Waals surface area contributed by atoms with Gasteiger partial charge in [0.2, 0.25) is 0 Å². The maximum absolute atomic E-state index is 10.8. The number of benzene rings is 1. The number of aryl methyl sites for hydroxylation is 1. The summed E-state index contributed by atoms with van der Waals surface area (Å²) in [6.07, 6.45) is 2.33. The molecule has 0 aromatic heterocycles. The third-order valence-electron chi connectivity index (χ3n) is 2.00. The van der Waals surface area contributed by atoms with Crippen molar-refractivity contribution < 1.29 is 9.53 Å². The highest BCUT2D eigenvalue weighted by molar-refractivity contribution is 5.68. The fourth-order valence-electron chi connectivity index (χ4n) is 1.21. The minimum absolute atomic E-state index is 0.113. The number of carbonyl (C=O) groups is 1. The van der Waals surface area contributed by atoms with Gasteiger partial charge in [-0.2, -0.15) is 0 Å². The van der Waals surface area contributed by atoms with Crippen LogP contribution in [0.25, 0.3) is 0 Å². The highest BCUT2D eigenvalue weighted by atomic mass is 16.5. The lowest BCUT2D eigenvalue weighted by Gasteiger charge is -2.02. The van der Waals surface area contributed by atoms with E-state index in [9.17, 15) is 4.79 Å². The molecule has 1 aromatic carbocycles. The van der Waals surface area contributed by atoms with Crippen LogP contribution in [-0.4, -0.2) is 12.6 Å². The SMILES string of the molecule is CCC(=O)OCCCc1ccccc1. The van der Waals surface area contributed by atoms with E-state index >= 15 is 0 Å². The molecule has 0 unspecified atom stereocenters. The summed E-state index contributed by atoms with van der Waals surface area (Å²) in [5.41, 5.74) is 1.29. The second-order valence-electron chi connectivity index (χ2n) is 3.16. The Balaban J connectivity index is 2.13. The van der Waals surface area contributed by atoms with Gasteiger partial charge in [-0.1, -0.05) is 37.3 Å². The first-order valence-corrected chi connectivity index (χ1v) is 5.02. The van der Waals surface area contributed by atoms with Crippen molar-refractivity contribution in [3.8, 4) is 0 Å². The van der Waals surface area contributed by atoms with E-state index in [0.29, 0.717) is 13.0 Å². The van der Waals surface area contributed by atoms with E-state index in [2.05, 4.69) is 12.1 Å². The van der Waals surface area contributed by atoms with Crippen LogP contribution in [-0.2, 0) is 16.0 Å². The molecule has 0 saturated heterocycles. The molecule has 1 rings (SSSR count). The highest BCUT2D eigenvalue weighted by Crippen LogP contribution is 2.02. The van der Waals surface area contributed by atoms with Crippen LogP contribution in [0.5, 0.6) is 0 Å². The van der Waals surface area contributed by atoms with Crippen LogP contribution in [0.1, 0.15) is 25.3 Å². The van der Waals surface area contributed by atoms with Crippen molar-refractivity contribution in [2.75, 3.05) is 6.61 Å². The third-order valence-corrected chi connectivity index (χ3v) is 2.00. The number of esters is 1. The molecule has 0 amide bonds. The van der Waals surface area contributed by atoms with E-state index in [4.69, 9.17) is 4.74 Å². The summed E-state index contributed by atoms with van der Waals surface area (Å²) >= 11 is 0. The van der Waals surface area contributed by atoms with Crippen LogP contribution in [0.4, 0.5) is 0 Å². The Kier molecular flexibility index (Phi) is 4.76. The van der Waals surface area contributed by atoms with E-state index in [1.54, 1.807) is 6.92 Å². The Morgan fingerprint density at radius 1 is 1.29 bits per heavy atom. The predicted octanol–water partition coefficient (Wildman–Crippen LogP) is 2.57. The normalized spacial score (nSPS) is 9.79. The van der Waals surface area contributed by atoms with Gasteiger partial charge in [-0.3, -0.25) is 4.79 Å². The van der Waals surface area contributed by atoms with Crippen molar-refractivity contribution >= 4 is 5.97 Å². The molecule has 0 atom stereocenters. The van der Waals surface area contributed by atoms with Crippen LogP contribution in [0.3, 0.4) is 0 Å². The quantitative estimate of drug-likeness (QED) is 0.529. The van der Waals surface area contributed by atoms with Gasteiger partial charge in [0.05, 0.1) is 6.61 Å². The monoisotopic (exact) mass is 192 g/mol. The van der Waals surface area contributed by atoms with Crippen molar-refractivity contribution in [2.45, 2.75) is 26.2 Å². The van der Waals surface area contributed by atoms with Gasteiger partial charge in [0, 0.05) is 6.42 Å². The lowest BCUT2D eigenvalue weighted by Crippen LogP contribution is -2.04. The van der Waals surface area contributed by atoms with Crippen molar-refractivity contribution in [1.29, 1.82) is 0 Å². The molecule has 76 valence electrons. The third kappa shape index (κ3) is 4.08. The number of hydrogen-bond acceptors (Lipinski definition) is 2. The molecule has 2 heteroatoms. The molecule has 0 saturated carbocycles. The van der Waals surface area contributed by atoms with Gasteiger partial charge in [0.25, 0.3) is 0 Å². The molecule has 0 fully saturated rings. The van der Waals surface area contributed by atoms with Crippen LogP contribution in [0.2, 0.25) is 0 Å². The lowest BCUT2D eigenvalue weighted by molar-refractivity contribution is -0.143. The van der Waals surface area contributed by atoms with Gasteiger partial charge in [0.1, 0.15) is 0 Å². The topological polar surface area (TPSA) is 26.3 Å². The maximum Gasteiger partial charge on any atom is 0.305 e.